The highest BCUT2D eigenvalue weighted by Gasteiger charge is 2.05. The second-order valence-electron chi connectivity index (χ2n) is 4.04. The lowest BCUT2D eigenvalue weighted by atomic mass is 10.1. The summed E-state index contributed by atoms with van der Waals surface area (Å²) < 4.78 is 5.84. The van der Waals surface area contributed by atoms with Crippen LogP contribution in [0.15, 0.2) is 66.7 Å². The normalized spacial score (nSPS) is 10.4. The fourth-order valence-corrected chi connectivity index (χ4v) is 1.97. The van der Waals surface area contributed by atoms with Crippen molar-refractivity contribution in [2.75, 3.05) is 0 Å². The lowest BCUT2D eigenvalue weighted by molar-refractivity contribution is 0.478. The predicted octanol–water partition coefficient (Wildman–Crippen LogP) is 4.34. The number of para-hydroxylation sites is 1. The highest BCUT2D eigenvalue weighted by molar-refractivity contribution is 5.92. The first-order chi connectivity index (χ1) is 8.84. The fourth-order valence-electron chi connectivity index (χ4n) is 1.97. The first-order valence-corrected chi connectivity index (χ1v) is 5.78. The van der Waals surface area contributed by atoms with E-state index in [9.17, 15) is 5.11 Å². The third-order valence-electron chi connectivity index (χ3n) is 2.83. The Bertz CT molecular complexity index is 675. The highest BCUT2D eigenvalue weighted by atomic mass is 16.5. The van der Waals surface area contributed by atoms with E-state index >= 15 is 0 Å². The van der Waals surface area contributed by atoms with Crippen molar-refractivity contribution in [2.24, 2.45) is 0 Å². The molecule has 0 heterocycles. The summed E-state index contributed by atoms with van der Waals surface area (Å²) in [5.74, 6) is 1.80. The Hall–Kier alpha value is -2.48. The van der Waals surface area contributed by atoms with Gasteiger partial charge in [0.05, 0.1) is 0 Å². The number of fused-ring (bicyclic) bond motifs is 1. The van der Waals surface area contributed by atoms with Gasteiger partial charge < -0.3 is 9.84 Å². The van der Waals surface area contributed by atoms with Gasteiger partial charge in [-0.25, -0.2) is 0 Å². The molecule has 3 aromatic carbocycles. The van der Waals surface area contributed by atoms with Crippen molar-refractivity contribution in [1.82, 2.24) is 0 Å². The molecule has 0 aliphatic heterocycles. The van der Waals surface area contributed by atoms with Crippen LogP contribution in [0.25, 0.3) is 10.8 Å². The Balaban J connectivity index is 2.10. The molecule has 0 radical (unpaired) electrons. The SMILES string of the molecule is Oc1cccc2c(Oc3ccccc3)cccc12. The van der Waals surface area contributed by atoms with Crippen molar-refractivity contribution in [2.45, 2.75) is 0 Å². The summed E-state index contributed by atoms with van der Waals surface area (Å²) in [5.41, 5.74) is 0. The van der Waals surface area contributed by atoms with Gasteiger partial charge in [0.1, 0.15) is 17.2 Å². The van der Waals surface area contributed by atoms with E-state index in [4.69, 9.17) is 4.74 Å². The Morgan fingerprint density at radius 2 is 1.39 bits per heavy atom. The summed E-state index contributed by atoms with van der Waals surface area (Å²) in [7, 11) is 0. The lowest BCUT2D eigenvalue weighted by Crippen LogP contribution is -1.85. The topological polar surface area (TPSA) is 29.5 Å². The number of hydrogen-bond donors (Lipinski definition) is 1. The molecule has 0 unspecified atom stereocenters. The van der Waals surface area contributed by atoms with E-state index in [-0.39, 0.29) is 5.75 Å². The van der Waals surface area contributed by atoms with E-state index in [0.717, 1.165) is 22.3 Å². The van der Waals surface area contributed by atoms with Gasteiger partial charge in [-0.1, -0.05) is 42.5 Å². The molecule has 1 N–H and O–H groups in total. The van der Waals surface area contributed by atoms with Crippen LogP contribution in [0.2, 0.25) is 0 Å². The van der Waals surface area contributed by atoms with Gasteiger partial charge in [0.15, 0.2) is 0 Å². The standard InChI is InChI=1S/C16H12O2/c17-15-10-4-9-14-13(15)8-5-11-16(14)18-12-6-2-1-3-7-12/h1-11,17H. The summed E-state index contributed by atoms with van der Waals surface area (Å²) >= 11 is 0. The molecule has 0 saturated heterocycles. The number of phenolic OH excluding ortho intramolecular Hbond substituents is 1. The Morgan fingerprint density at radius 1 is 0.667 bits per heavy atom. The number of ether oxygens (including phenoxy) is 1. The summed E-state index contributed by atoms with van der Waals surface area (Å²) in [6.07, 6.45) is 0. The molecule has 3 rings (SSSR count). The molecule has 0 fully saturated rings. The summed E-state index contributed by atoms with van der Waals surface area (Å²) in [4.78, 5) is 0. The average molecular weight is 236 g/mol. The first kappa shape index (κ1) is 10.7. The van der Waals surface area contributed by atoms with Crippen LogP contribution in [-0.4, -0.2) is 5.11 Å². The molecule has 0 aliphatic carbocycles. The minimum Gasteiger partial charge on any atom is -0.507 e. The van der Waals surface area contributed by atoms with Gasteiger partial charge in [-0.05, 0) is 24.3 Å². The molecule has 3 aromatic rings. The number of benzene rings is 3. The zero-order valence-corrected chi connectivity index (χ0v) is 9.71. The van der Waals surface area contributed by atoms with E-state index in [0.29, 0.717) is 0 Å². The van der Waals surface area contributed by atoms with Crippen molar-refractivity contribution in [3.05, 3.63) is 66.7 Å². The highest BCUT2D eigenvalue weighted by Crippen LogP contribution is 2.33. The molecule has 0 aromatic heterocycles. The molecular formula is C16H12O2. The molecule has 0 aliphatic rings. The van der Waals surface area contributed by atoms with Crippen LogP contribution in [0.1, 0.15) is 0 Å². The van der Waals surface area contributed by atoms with Crippen LogP contribution in [-0.2, 0) is 0 Å². The summed E-state index contributed by atoms with van der Waals surface area (Å²) in [5, 5.41) is 11.5. The van der Waals surface area contributed by atoms with E-state index in [1.807, 2.05) is 60.7 Å². The largest absolute Gasteiger partial charge is 0.507 e. The molecule has 0 spiro atoms. The van der Waals surface area contributed by atoms with E-state index in [1.54, 1.807) is 6.07 Å². The van der Waals surface area contributed by atoms with Crippen molar-refractivity contribution in [3.63, 3.8) is 0 Å². The zero-order valence-electron chi connectivity index (χ0n) is 9.71. The van der Waals surface area contributed by atoms with Crippen LogP contribution >= 0.6 is 0 Å². The molecule has 0 amide bonds. The second kappa shape index (κ2) is 4.41. The number of hydrogen-bond acceptors (Lipinski definition) is 2. The Labute approximate surface area is 105 Å². The minimum atomic E-state index is 0.269. The van der Waals surface area contributed by atoms with Crippen LogP contribution in [0, 0.1) is 0 Å². The second-order valence-corrected chi connectivity index (χ2v) is 4.04. The van der Waals surface area contributed by atoms with Crippen LogP contribution in [0.5, 0.6) is 17.2 Å². The van der Waals surface area contributed by atoms with Crippen molar-refractivity contribution in [3.8, 4) is 17.2 Å². The molecule has 0 bridgehead atoms. The molecular weight excluding hydrogens is 224 g/mol. The monoisotopic (exact) mass is 236 g/mol. The van der Waals surface area contributed by atoms with Gasteiger partial charge in [-0.15, -0.1) is 0 Å². The minimum absolute atomic E-state index is 0.269. The van der Waals surface area contributed by atoms with Crippen LogP contribution in [0.3, 0.4) is 0 Å². The smallest absolute Gasteiger partial charge is 0.135 e. The van der Waals surface area contributed by atoms with Crippen molar-refractivity contribution in [1.29, 1.82) is 0 Å². The maximum absolute atomic E-state index is 9.81. The quantitative estimate of drug-likeness (QED) is 0.717. The Morgan fingerprint density at radius 3 is 2.22 bits per heavy atom. The van der Waals surface area contributed by atoms with Gasteiger partial charge in [0.2, 0.25) is 0 Å². The fraction of sp³-hybridized carbons (Fsp3) is 0. The van der Waals surface area contributed by atoms with Gasteiger partial charge in [0, 0.05) is 10.8 Å². The number of phenols is 1. The van der Waals surface area contributed by atoms with Crippen molar-refractivity contribution < 1.29 is 9.84 Å². The molecule has 2 nitrogen and oxygen atoms in total. The molecule has 18 heavy (non-hydrogen) atoms. The summed E-state index contributed by atoms with van der Waals surface area (Å²) in [6.45, 7) is 0. The van der Waals surface area contributed by atoms with E-state index < -0.39 is 0 Å². The molecule has 2 heteroatoms. The van der Waals surface area contributed by atoms with Gasteiger partial charge in [-0.2, -0.15) is 0 Å². The first-order valence-electron chi connectivity index (χ1n) is 5.78. The van der Waals surface area contributed by atoms with E-state index in [1.165, 1.54) is 0 Å². The maximum atomic E-state index is 9.81. The lowest BCUT2D eigenvalue weighted by Gasteiger charge is -2.09. The van der Waals surface area contributed by atoms with Gasteiger partial charge in [-0.3, -0.25) is 0 Å². The van der Waals surface area contributed by atoms with E-state index in [2.05, 4.69) is 0 Å². The molecule has 88 valence electrons. The maximum Gasteiger partial charge on any atom is 0.135 e. The molecule has 0 saturated carbocycles. The van der Waals surface area contributed by atoms with Crippen molar-refractivity contribution >= 4 is 10.8 Å². The molecule has 0 atom stereocenters. The third kappa shape index (κ3) is 1.89. The van der Waals surface area contributed by atoms with Crippen LogP contribution < -0.4 is 4.74 Å². The average Bonchev–Trinajstić information content (AvgIpc) is 2.41. The Kier molecular flexibility index (Phi) is 2.61. The van der Waals surface area contributed by atoms with Crippen LogP contribution in [0.4, 0.5) is 0 Å². The van der Waals surface area contributed by atoms with Gasteiger partial charge >= 0.3 is 0 Å². The summed E-state index contributed by atoms with van der Waals surface area (Å²) in [6, 6.07) is 20.7. The van der Waals surface area contributed by atoms with Gasteiger partial charge in [0.25, 0.3) is 0 Å². The third-order valence-corrected chi connectivity index (χ3v) is 2.83. The zero-order chi connectivity index (χ0) is 12.4. The number of aromatic hydroxyl groups is 1. The predicted molar refractivity (Wildman–Crippen MR) is 72.1 cm³/mol. The number of rotatable bonds is 2.